The van der Waals surface area contributed by atoms with E-state index in [-0.39, 0.29) is 24.0 Å². The predicted molar refractivity (Wildman–Crippen MR) is 107 cm³/mol. The average Bonchev–Trinajstić information content (AvgIpc) is 3.09. The van der Waals surface area contributed by atoms with Crippen LogP contribution in [0.5, 0.6) is 0 Å². The summed E-state index contributed by atoms with van der Waals surface area (Å²) in [5, 5.41) is 10.4. The molecule has 0 aliphatic carbocycles. The Kier molecular flexibility index (Phi) is 10.7. The minimum atomic E-state index is 0. The van der Waals surface area contributed by atoms with Gasteiger partial charge in [0, 0.05) is 46.0 Å². The summed E-state index contributed by atoms with van der Waals surface area (Å²) >= 11 is 0. The van der Waals surface area contributed by atoms with Gasteiger partial charge in [-0.15, -0.1) is 24.0 Å². The second-order valence-corrected chi connectivity index (χ2v) is 4.96. The van der Waals surface area contributed by atoms with Gasteiger partial charge in [-0.1, -0.05) is 11.2 Å². The summed E-state index contributed by atoms with van der Waals surface area (Å²) in [5.41, 5.74) is 0.677. The van der Waals surface area contributed by atoms with Crippen LogP contribution in [0.2, 0.25) is 0 Å². The van der Waals surface area contributed by atoms with Crippen LogP contribution < -0.4 is 10.6 Å². The number of aromatic nitrogens is 3. The first-order valence-electron chi connectivity index (χ1n) is 8.09. The maximum atomic E-state index is 5.29. The first-order chi connectivity index (χ1) is 11.8. The molecule has 0 amide bonds. The molecule has 0 unspecified atom stereocenters. The van der Waals surface area contributed by atoms with Crippen LogP contribution in [0.3, 0.4) is 0 Å². The molecule has 0 aliphatic rings. The van der Waals surface area contributed by atoms with Crippen LogP contribution in [-0.2, 0) is 11.2 Å². The van der Waals surface area contributed by atoms with E-state index in [2.05, 4.69) is 30.8 Å². The van der Waals surface area contributed by atoms with Gasteiger partial charge in [0.2, 0.25) is 0 Å². The van der Waals surface area contributed by atoms with Crippen molar-refractivity contribution in [2.75, 3.05) is 33.4 Å². The highest BCUT2D eigenvalue weighted by molar-refractivity contribution is 14.0. The van der Waals surface area contributed by atoms with E-state index in [0.29, 0.717) is 30.4 Å². The van der Waals surface area contributed by atoms with Crippen molar-refractivity contribution in [1.29, 1.82) is 0 Å². The van der Waals surface area contributed by atoms with Crippen LogP contribution >= 0.6 is 24.0 Å². The molecule has 0 aliphatic heterocycles. The number of halogens is 1. The Bertz CT molecular complexity index is 620. The van der Waals surface area contributed by atoms with Gasteiger partial charge in [0.05, 0.1) is 0 Å². The van der Waals surface area contributed by atoms with Crippen molar-refractivity contribution in [3.8, 4) is 11.6 Å². The zero-order valence-corrected chi connectivity index (χ0v) is 16.9. The fourth-order valence-corrected chi connectivity index (χ4v) is 1.99. The smallest absolute Gasteiger partial charge is 0.276 e. The van der Waals surface area contributed by atoms with Crippen LogP contribution in [0.4, 0.5) is 0 Å². The lowest BCUT2D eigenvalue weighted by atomic mass is 10.3. The monoisotopic (exact) mass is 460 g/mol. The normalized spacial score (nSPS) is 11.0. The van der Waals surface area contributed by atoms with Crippen molar-refractivity contribution in [2.45, 2.75) is 19.8 Å². The van der Waals surface area contributed by atoms with Gasteiger partial charge in [0.1, 0.15) is 5.69 Å². The van der Waals surface area contributed by atoms with Gasteiger partial charge in [-0.3, -0.25) is 9.98 Å². The molecule has 9 heteroatoms. The number of hydrogen-bond donors (Lipinski definition) is 2. The van der Waals surface area contributed by atoms with E-state index in [4.69, 9.17) is 9.26 Å². The topological polar surface area (TPSA) is 97.5 Å². The quantitative estimate of drug-likeness (QED) is 0.255. The largest absolute Gasteiger partial charge is 0.382 e. The number of pyridine rings is 1. The SMILES string of the molecule is CCOCCCNC(=NC)NCCc1noc(-c2ccccn2)n1.I. The van der Waals surface area contributed by atoms with E-state index < -0.39 is 0 Å². The van der Waals surface area contributed by atoms with Gasteiger partial charge in [-0.25, -0.2) is 0 Å². The van der Waals surface area contributed by atoms with Gasteiger partial charge in [-0.2, -0.15) is 4.98 Å². The summed E-state index contributed by atoms with van der Waals surface area (Å²) in [6.07, 6.45) is 3.27. The number of nitrogens with one attached hydrogen (secondary N) is 2. The molecule has 138 valence electrons. The molecule has 0 saturated heterocycles. The Hall–Kier alpha value is -1.75. The van der Waals surface area contributed by atoms with Gasteiger partial charge in [-0.05, 0) is 25.5 Å². The van der Waals surface area contributed by atoms with Crippen molar-refractivity contribution < 1.29 is 9.26 Å². The van der Waals surface area contributed by atoms with Crippen LogP contribution in [0.15, 0.2) is 33.9 Å². The average molecular weight is 460 g/mol. The van der Waals surface area contributed by atoms with Crippen molar-refractivity contribution >= 4 is 29.9 Å². The Morgan fingerprint density at radius 3 is 2.84 bits per heavy atom. The molecule has 2 heterocycles. The van der Waals surface area contributed by atoms with Crippen LogP contribution in [0.25, 0.3) is 11.6 Å². The molecule has 0 aromatic carbocycles. The summed E-state index contributed by atoms with van der Waals surface area (Å²) in [6.45, 7) is 4.96. The Balaban J connectivity index is 0.00000312. The number of aliphatic imine (C=N–C) groups is 1. The standard InChI is InChI=1S/C16H24N6O2.HI/c1-3-23-12-6-10-19-16(17-2)20-11-8-14-21-15(24-22-14)13-7-4-5-9-18-13;/h4-5,7,9H,3,6,8,10-12H2,1-2H3,(H2,17,19,20);1H. The molecule has 2 aromatic heterocycles. The fraction of sp³-hybridized carbons (Fsp3) is 0.500. The van der Waals surface area contributed by atoms with Gasteiger partial charge < -0.3 is 19.9 Å². The lowest BCUT2D eigenvalue weighted by molar-refractivity contribution is 0.145. The third kappa shape index (κ3) is 7.78. The Morgan fingerprint density at radius 1 is 1.28 bits per heavy atom. The Morgan fingerprint density at radius 2 is 2.12 bits per heavy atom. The molecular weight excluding hydrogens is 435 g/mol. The Labute approximate surface area is 164 Å². The number of hydrogen-bond acceptors (Lipinski definition) is 6. The zero-order chi connectivity index (χ0) is 17.0. The molecule has 0 radical (unpaired) electrons. The first-order valence-corrected chi connectivity index (χ1v) is 8.09. The summed E-state index contributed by atoms with van der Waals surface area (Å²) in [6, 6.07) is 5.57. The van der Waals surface area contributed by atoms with Crippen LogP contribution in [0, 0.1) is 0 Å². The summed E-state index contributed by atoms with van der Waals surface area (Å²) in [5.74, 6) is 1.82. The highest BCUT2D eigenvalue weighted by Crippen LogP contribution is 2.12. The third-order valence-electron chi connectivity index (χ3n) is 3.18. The van der Waals surface area contributed by atoms with Crippen molar-refractivity contribution in [3.63, 3.8) is 0 Å². The zero-order valence-electron chi connectivity index (χ0n) is 14.6. The number of rotatable bonds is 9. The minimum Gasteiger partial charge on any atom is -0.382 e. The van der Waals surface area contributed by atoms with E-state index >= 15 is 0 Å². The molecule has 2 N–H and O–H groups in total. The van der Waals surface area contributed by atoms with E-state index in [1.165, 1.54) is 0 Å². The molecule has 2 rings (SSSR count). The van der Waals surface area contributed by atoms with Crippen molar-refractivity contribution in [2.24, 2.45) is 4.99 Å². The second kappa shape index (κ2) is 12.6. The molecule has 0 saturated carbocycles. The van der Waals surface area contributed by atoms with Gasteiger partial charge >= 0.3 is 0 Å². The predicted octanol–water partition coefficient (Wildman–Crippen LogP) is 1.88. The van der Waals surface area contributed by atoms with Crippen LogP contribution in [0.1, 0.15) is 19.2 Å². The first kappa shape index (κ1) is 21.3. The molecule has 0 bridgehead atoms. The minimum absolute atomic E-state index is 0. The molecule has 0 fully saturated rings. The molecule has 25 heavy (non-hydrogen) atoms. The molecule has 8 nitrogen and oxygen atoms in total. The fourth-order valence-electron chi connectivity index (χ4n) is 1.99. The van der Waals surface area contributed by atoms with E-state index in [9.17, 15) is 0 Å². The maximum absolute atomic E-state index is 5.29. The molecule has 2 aromatic rings. The maximum Gasteiger partial charge on any atom is 0.276 e. The molecule has 0 spiro atoms. The third-order valence-corrected chi connectivity index (χ3v) is 3.18. The highest BCUT2D eigenvalue weighted by Gasteiger charge is 2.09. The summed E-state index contributed by atoms with van der Waals surface area (Å²) in [4.78, 5) is 12.7. The van der Waals surface area contributed by atoms with Crippen LogP contribution in [-0.4, -0.2) is 54.4 Å². The number of ether oxygens (including phenoxy) is 1. The van der Waals surface area contributed by atoms with Gasteiger partial charge in [0.25, 0.3) is 5.89 Å². The number of nitrogens with zero attached hydrogens (tertiary/aromatic N) is 4. The number of guanidine groups is 1. The van der Waals surface area contributed by atoms with E-state index in [1.54, 1.807) is 13.2 Å². The van der Waals surface area contributed by atoms with Crippen molar-refractivity contribution in [1.82, 2.24) is 25.8 Å². The lowest BCUT2D eigenvalue weighted by Crippen LogP contribution is -2.39. The van der Waals surface area contributed by atoms with Crippen molar-refractivity contribution in [3.05, 3.63) is 30.2 Å². The van der Waals surface area contributed by atoms with Gasteiger partial charge in [0.15, 0.2) is 11.8 Å². The highest BCUT2D eigenvalue weighted by atomic mass is 127. The summed E-state index contributed by atoms with van der Waals surface area (Å²) in [7, 11) is 1.74. The summed E-state index contributed by atoms with van der Waals surface area (Å²) < 4.78 is 10.5. The molecule has 0 atom stereocenters. The second-order valence-electron chi connectivity index (χ2n) is 4.96. The lowest BCUT2D eigenvalue weighted by Gasteiger charge is -2.10. The molecular formula is C16H25IN6O2. The van der Waals surface area contributed by atoms with E-state index in [0.717, 1.165) is 32.1 Å². The van der Waals surface area contributed by atoms with E-state index in [1.807, 2.05) is 25.1 Å².